The largest absolute Gasteiger partial charge is 1.00 e. The zero-order chi connectivity index (χ0) is 10.0. The number of carbonyl (C=O) groups excluding carboxylic acids is 1. The third kappa shape index (κ3) is 5.48. The molecule has 0 aliphatic carbocycles. The number of ether oxygens (including phenoxy) is 1. The van der Waals surface area contributed by atoms with Crippen molar-refractivity contribution in [2.24, 2.45) is 0 Å². The molecule has 1 fully saturated rings. The Kier molecular flexibility index (Phi) is 10.5. The molecule has 4 atom stereocenters. The summed E-state index contributed by atoms with van der Waals surface area (Å²) in [5.41, 5.74) is 0. The second-order valence-corrected chi connectivity index (χ2v) is 3.32. The molecule has 0 unspecified atom stereocenters. The molecule has 0 saturated carbocycles. The van der Waals surface area contributed by atoms with Crippen molar-refractivity contribution >= 4 is 5.91 Å². The van der Waals surface area contributed by atoms with Gasteiger partial charge in [0, 0.05) is 6.92 Å². The first kappa shape index (κ1) is 18.7. The number of nitrogens with one attached hydrogen (secondary N) is 1. The number of carbonyl (C=O) groups is 1. The maximum Gasteiger partial charge on any atom is 1.00 e. The van der Waals surface area contributed by atoms with Crippen LogP contribution in [0.1, 0.15) is 16.7 Å². The molecular formula is C8H17NNa2O4. The standard InChI is InChI=1S/C8H15NO4.2Na.2H/c1-4-8(12)7(9-5(2)10)6(11)3-13-4;;;;/h4,6-8,11-12H,3H2,1-2H3,(H,9,10);;;;/q;2*+1;2*-1/t4-,6+,7+,8-;;;;/m1..../s1. The molecule has 1 aliphatic heterocycles. The first-order valence-electron chi connectivity index (χ1n) is 4.27. The molecule has 1 aliphatic rings. The summed E-state index contributed by atoms with van der Waals surface area (Å²) in [4.78, 5) is 10.7. The van der Waals surface area contributed by atoms with E-state index < -0.39 is 18.2 Å². The van der Waals surface area contributed by atoms with Crippen LogP contribution in [0.25, 0.3) is 0 Å². The molecule has 0 aromatic rings. The monoisotopic (exact) mass is 237 g/mol. The van der Waals surface area contributed by atoms with Gasteiger partial charge >= 0.3 is 59.1 Å². The van der Waals surface area contributed by atoms with Crippen molar-refractivity contribution in [1.29, 1.82) is 0 Å². The second-order valence-electron chi connectivity index (χ2n) is 3.32. The van der Waals surface area contributed by atoms with E-state index in [9.17, 15) is 15.0 Å². The van der Waals surface area contributed by atoms with E-state index >= 15 is 0 Å². The van der Waals surface area contributed by atoms with Crippen molar-refractivity contribution in [3.63, 3.8) is 0 Å². The average molecular weight is 237 g/mol. The number of hydrogen-bond donors (Lipinski definition) is 3. The normalized spacial score (nSPS) is 34.7. The van der Waals surface area contributed by atoms with Gasteiger partial charge in [0.1, 0.15) is 12.2 Å². The number of rotatable bonds is 1. The van der Waals surface area contributed by atoms with Crippen LogP contribution in [0.2, 0.25) is 0 Å². The van der Waals surface area contributed by atoms with Crippen LogP contribution < -0.4 is 64.4 Å². The summed E-state index contributed by atoms with van der Waals surface area (Å²) in [6, 6.07) is -0.624. The second kappa shape index (κ2) is 8.44. The summed E-state index contributed by atoms with van der Waals surface area (Å²) in [5.74, 6) is -0.266. The van der Waals surface area contributed by atoms with Gasteiger partial charge in [-0.05, 0) is 6.92 Å². The van der Waals surface area contributed by atoms with Gasteiger partial charge in [-0.1, -0.05) is 0 Å². The molecule has 80 valence electrons. The third-order valence-electron chi connectivity index (χ3n) is 2.16. The fourth-order valence-electron chi connectivity index (χ4n) is 1.39. The van der Waals surface area contributed by atoms with E-state index in [1.54, 1.807) is 6.92 Å². The first-order chi connectivity index (χ1) is 6.02. The predicted molar refractivity (Wildman–Crippen MR) is 47.3 cm³/mol. The molecule has 0 aromatic carbocycles. The molecule has 0 spiro atoms. The fraction of sp³-hybridized carbons (Fsp3) is 0.875. The Morgan fingerprint density at radius 3 is 2.47 bits per heavy atom. The Morgan fingerprint density at radius 2 is 2.00 bits per heavy atom. The van der Waals surface area contributed by atoms with E-state index in [4.69, 9.17) is 4.74 Å². The SMILES string of the molecule is CC(=O)N[C@@H]1[C@H](O)[C@@H](C)OC[C@@H]1O.[H-].[H-].[Na+].[Na+]. The quantitative estimate of drug-likeness (QED) is 0.396. The molecule has 1 heterocycles. The van der Waals surface area contributed by atoms with Crippen molar-refractivity contribution in [3.05, 3.63) is 0 Å². The van der Waals surface area contributed by atoms with Crippen LogP contribution in [-0.2, 0) is 9.53 Å². The zero-order valence-corrected chi connectivity index (χ0v) is 13.7. The third-order valence-corrected chi connectivity index (χ3v) is 2.16. The van der Waals surface area contributed by atoms with Crippen molar-refractivity contribution < 1.29 is 81.7 Å². The minimum absolute atomic E-state index is 0. The van der Waals surface area contributed by atoms with Crippen molar-refractivity contribution in [1.82, 2.24) is 5.32 Å². The molecule has 5 nitrogen and oxygen atoms in total. The van der Waals surface area contributed by atoms with Gasteiger partial charge in [-0.25, -0.2) is 0 Å². The zero-order valence-electron chi connectivity index (χ0n) is 11.7. The van der Waals surface area contributed by atoms with E-state index in [1.165, 1.54) is 6.92 Å². The average Bonchev–Trinajstić information content (AvgIpc) is 2.05. The van der Waals surface area contributed by atoms with Crippen molar-refractivity contribution in [3.8, 4) is 0 Å². The van der Waals surface area contributed by atoms with Crippen LogP contribution in [0.4, 0.5) is 0 Å². The molecular weight excluding hydrogens is 220 g/mol. The minimum atomic E-state index is -0.854. The molecule has 3 N–H and O–H groups in total. The number of aliphatic hydroxyl groups excluding tert-OH is 2. The summed E-state index contributed by atoms with van der Waals surface area (Å²) < 4.78 is 5.06. The molecule has 0 bridgehead atoms. The summed E-state index contributed by atoms with van der Waals surface area (Å²) in [5, 5.41) is 21.5. The molecule has 1 amide bonds. The number of amides is 1. The van der Waals surface area contributed by atoms with Gasteiger partial charge in [-0.15, -0.1) is 0 Å². The van der Waals surface area contributed by atoms with Crippen molar-refractivity contribution in [2.45, 2.75) is 38.2 Å². The Bertz CT molecular complexity index is 214. The smallest absolute Gasteiger partial charge is 1.00 e. The Morgan fingerprint density at radius 1 is 1.47 bits per heavy atom. The summed E-state index contributed by atoms with van der Waals surface area (Å²) in [7, 11) is 0. The minimum Gasteiger partial charge on any atom is -1.00 e. The van der Waals surface area contributed by atoms with Gasteiger partial charge in [0.25, 0.3) is 0 Å². The molecule has 0 aromatic heterocycles. The predicted octanol–water partition coefficient (Wildman–Crippen LogP) is -7.14. The van der Waals surface area contributed by atoms with Crippen LogP contribution in [0.5, 0.6) is 0 Å². The Labute approximate surface area is 136 Å². The van der Waals surface area contributed by atoms with Gasteiger partial charge in [-0.2, -0.15) is 0 Å². The van der Waals surface area contributed by atoms with E-state index in [0.29, 0.717) is 0 Å². The van der Waals surface area contributed by atoms with Gasteiger partial charge in [0.2, 0.25) is 5.91 Å². The fourth-order valence-corrected chi connectivity index (χ4v) is 1.39. The van der Waals surface area contributed by atoms with E-state index in [0.717, 1.165) is 0 Å². The maximum absolute atomic E-state index is 10.7. The van der Waals surface area contributed by atoms with Crippen LogP contribution >= 0.6 is 0 Å². The maximum atomic E-state index is 10.7. The van der Waals surface area contributed by atoms with Crippen LogP contribution in [-0.4, -0.2) is 47.1 Å². The first-order valence-corrected chi connectivity index (χ1v) is 4.27. The topological polar surface area (TPSA) is 78.8 Å². The van der Waals surface area contributed by atoms with Gasteiger partial charge in [0.15, 0.2) is 0 Å². The number of hydrogen-bond acceptors (Lipinski definition) is 4. The van der Waals surface area contributed by atoms with Crippen LogP contribution in [0.3, 0.4) is 0 Å². The van der Waals surface area contributed by atoms with Gasteiger partial charge in [0.05, 0.1) is 18.8 Å². The number of aliphatic hydroxyl groups is 2. The van der Waals surface area contributed by atoms with E-state index in [-0.39, 0.29) is 80.6 Å². The Hall–Kier alpha value is 1.35. The summed E-state index contributed by atoms with van der Waals surface area (Å²) >= 11 is 0. The van der Waals surface area contributed by atoms with Crippen LogP contribution in [0, 0.1) is 0 Å². The van der Waals surface area contributed by atoms with E-state index in [2.05, 4.69) is 5.32 Å². The molecule has 0 radical (unpaired) electrons. The van der Waals surface area contributed by atoms with E-state index in [1.807, 2.05) is 0 Å². The van der Waals surface area contributed by atoms with Crippen molar-refractivity contribution in [2.75, 3.05) is 6.61 Å². The summed E-state index contributed by atoms with van der Waals surface area (Å²) in [6.07, 6.45) is -2.05. The molecule has 7 heteroatoms. The molecule has 1 saturated heterocycles. The van der Waals surface area contributed by atoms with Crippen LogP contribution in [0.15, 0.2) is 0 Å². The van der Waals surface area contributed by atoms with Gasteiger partial charge < -0.3 is 23.1 Å². The van der Waals surface area contributed by atoms with Gasteiger partial charge in [-0.3, -0.25) is 4.79 Å². The molecule has 1 rings (SSSR count). The Balaban J connectivity index is -0.000000211. The molecule has 15 heavy (non-hydrogen) atoms. The summed E-state index contributed by atoms with van der Waals surface area (Å²) in [6.45, 7) is 3.19.